The number of carbonyl (C=O) groups excluding carboxylic acids is 1. The summed E-state index contributed by atoms with van der Waals surface area (Å²) in [6, 6.07) is 7.78. The molecule has 0 amide bonds. The molecule has 2 aromatic rings. The molecule has 0 unspecified atom stereocenters. The predicted octanol–water partition coefficient (Wildman–Crippen LogP) is 3.97. The van der Waals surface area contributed by atoms with E-state index >= 15 is 0 Å². The standard InChI is InChI=1S/C21H22O5/c1-12(2)4-5-13-8-16(18(23)10-19(13)25-3)17-11-26-20-9-14(22)6-7-15(20)21(17)24/h4,6-10,17,22-23H,5,11H2,1-3H3/t17-/m1/s1. The zero-order valence-corrected chi connectivity index (χ0v) is 15.1. The number of hydrogen-bond donors (Lipinski definition) is 2. The lowest BCUT2D eigenvalue weighted by Gasteiger charge is -2.25. The van der Waals surface area contributed by atoms with Gasteiger partial charge in [-0.2, -0.15) is 0 Å². The molecule has 1 heterocycles. The van der Waals surface area contributed by atoms with Crippen molar-refractivity contribution in [3.8, 4) is 23.0 Å². The van der Waals surface area contributed by atoms with Gasteiger partial charge in [-0.1, -0.05) is 11.6 Å². The van der Waals surface area contributed by atoms with Gasteiger partial charge in [-0.15, -0.1) is 0 Å². The van der Waals surface area contributed by atoms with Crippen LogP contribution in [0.2, 0.25) is 0 Å². The van der Waals surface area contributed by atoms with E-state index in [9.17, 15) is 15.0 Å². The summed E-state index contributed by atoms with van der Waals surface area (Å²) in [4.78, 5) is 12.9. The molecule has 2 N–H and O–H groups in total. The number of aromatic hydroxyl groups is 2. The van der Waals surface area contributed by atoms with Gasteiger partial charge in [0.05, 0.1) is 18.6 Å². The molecule has 2 aromatic carbocycles. The smallest absolute Gasteiger partial charge is 0.177 e. The molecule has 0 radical (unpaired) electrons. The number of Topliss-reactive ketones (excluding diaryl/α,β-unsaturated/α-hetero) is 1. The SMILES string of the molecule is COc1cc(O)c([C@H]2COc3cc(O)ccc3C2=O)cc1CC=C(C)C. The van der Waals surface area contributed by atoms with Crippen LogP contribution in [0.3, 0.4) is 0 Å². The number of methoxy groups -OCH3 is 1. The first-order chi connectivity index (χ1) is 12.4. The Bertz CT molecular complexity index is 878. The topological polar surface area (TPSA) is 76.0 Å². The second-order valence-corrected chi connectivity index (χ2v) is 6.62. The molecule has 3 rings (SSSR count). The fourth-order valence-corrected chi connectivity index (χ4v) is 3.08. The van der Waals surface area contributed by atoms with Gasteiger partial charge in [0.2, 0.25) is 0 Å². The summed E-state index contributed by atoms with van der Waals surface area (Å²) >= 11 is 0. The molecule has 0 saturated heterocycles. The van der Waals surface area contributed by atoms with Crippen molar-refractivity contribution in [1.82, 2.24) is 0 Å². The summed E-state index contributed by atoms with van der Waals surface area (Å²) in [5, 5.41) is 20.0. The molecule has 136 valence electrons. The number of phenolic OH excluding ortho intramolecular Hbond substituents is 2. The summed E-state index contributed by atoms with van der Waals surface area (Å²) in [5.74, 6) is 0.254. The van der Waals surface area contributed by atoms with Crippen molar-refractivity contribution in [2.24, 2.45) is 0 Å². The molecule has 0 aliphatic carbocycles. The van der Waals surface area contributed by atoms with Crippen LogP contribution in [-0.4, -0.2) is 29.7 Å². The lowest BCUT2D eigenvalue weighted by atomic mass is 9.87. The molecule has 0 saturated carbocycles. The quantitative estimate of drug-likeness (QED) is 0.813. The van der Waals surface area contributed by atoms with Crippen LogP contribution in [0.1, 0.15) is 41.3 Å². The second kappa shape index (κ2) is 7.12. The first-order valence-corrected chi connectivity index (χ1v) is 8.44. The van der Waals surface area contributed by atoms with Crippen LogP contribution in [0, 0.1) is 0 Å². The molecule has 5 nitrogen and oxygen atoms in total. The van der Waals surface area contributed by atoms with Crippen molar-refractivity contribution < 1.29 is 24.5 Å². The fraction of sp³-hybridized carbons (Fsp3) is 0.286. The van der Waals surface area contributed by atoms with E-state index in [1.807, 2.05) is 19.9 Å². The van der Waals surface area contributed by atoms with Gasteiger partial charge in [0.15, 0.2) is 5.78 Å². The first kappa shape index (κ1) is 17.9. The van der Waals surface area contributed by atoms with Crippen LogP contribution >= 0.6 is 0 Å². The second-order valence-electron chi connectivity index (χ2n) is 6.62. The Labute approximate surface area is 152 Å². The Kier molecular flexibility index (Phi) is 4.89. The molecule has 0 spiro atoms. The van der Waals surface area contributed by atoms with Gasteiger partial charge in [-0.3, -0.25) is 4.79 Å². The molecule has 1 aliphatic heterocycles. The van der Waals surface area contributed by atoms with Gasteiger partial charge in [0, 0.05) is 17.7 Å². The number of fused-ring (bicyclic) bond motifs is 1. The minimum Gasteiger partial charge on any atom is -0.508 e. The Morgan fingerprint density at radius 3 is 2.73 bits per heavy atom. The van der Waals surface area contributed by atoms with Gasteiger partial charge in [0.1, 0.15) is 29.6 Å². The molecule has 26 heavy (non-hydrogen) atoms. The zero-order chi connectivity index (χ0) is 18.8. The molecule has 0 bridgehead atoms. The van der Waals surface area contributed by atoms with E-state index < -0.39 is 5.92 Å². The third-order valence-corrected chi connectivity index (χ3v) is 4.49. The van der Waals surface area contributed by atoms with E-state index in [1.54, 1.807) is 19.2 Å². The number of ether oxygens (including phenoxy) is 2. The van der Waals surface area contributed by atoms with Crippen LogP contribution in [0.15, 0.2) is 42.0 Å². The van der Waals surface area contributed by atoms with Crippen LogP contribution < -0.4 is 9.47 Å². The summed E-state index contributed by atoms with van der Waals surface area (Å²) < 4.78 is 11.0. The Morgan fingerprint density at radius 1 is 1.27 bits per heavy atom. The third kappa shape index (κ3) is 3.38. The minimum atomic E-state index is -0.608. The van der Waals surface area contributed by atoms with Crippen LogP contribution in [0.4, 0.5) is 0 Å². The molecule has 1 atom stereocenters. The van der Waals surface area contributed by atoms with Crippen LogP contribution in [-0.2, 0) is 6.42 Å². The lowest BCUT2D eigenvalue weighted by Crippen LogP contribution is -2.26. The highest BCUT2D eigenvalue weighted by molar-refractivity contribution is 6.04. The van der Waals surface area contributed by atoms with E-state index in [2.05, 4.69) is 6.08 Å². The highest BCUT2D eigenvalue weighted by Crippen LogP contribution is 2.39. The highest BCUT2D eigenvalue weighted by atomic mass is 16.5. The number of carbonyl (C=O) groups is 1. The Hall–Kier alpha value is -2.95. The van der Waals surface area contributed by atoms with Crippen molar-refractivity contribution in [3.05, 3.63) is 58.7 Å². The van der Waals surface area contributed by atoms with E-state index in [4.69, 9.17) is 9.47 Å². The van der Waals surface area contributed by atoms with Gasteiger partial charge < -0.3 is 19.7 Å². The number of phenols is 2. The summed E-state index contributed by atoms with van der Waals surface area (Å²) in [5.41, 5.74) is 2.99. The van der Waals surface area contributed by atoms with Crippen molar-refractivity contribution in [2.45, 2.75) is 26.2 Å². The van der Waals surface area contributed by atoms with Gasteiger partial charge in [-0.25, -0.2) is 0 Å². The predicted molar refractivity (Wildman–Crippen MR) is 98.5 cm³/mol. The first-order valence-electron chi connectivity index (χ1n) is 8.44. The average Bonchev–Trinajstić information content (AvgIpc) is 2.60. The number of rotatable bonds is 4. The largest absolute Gasteiger partial charge is 0.508 e. The van der Waals surface area contributed by atoms with Crippen molar-refractivity contribution in [3.63, 3.8) is 0 Å². The van der Waals surface area contributed by atoms with E-state index in [0.717, 1.165) is 5.56 Å². The normalized spacial score (nSPS) is 15.8. The number of hydrogen-bond acceptors (Lipinski definition) is 5. The maximum atomic E-state index is 12.9. The van der Waals surface area contributed by atoms with Crippen LogP contribution in [0.5, 0.6) is 23.0 Å². The zero-order valence-electron chi connectivity index (χ0n) is 15.1. The minimum absolute atomic E-state index is 0.00646. The molecular weight excluding hydrogens is 332 g/mol. The summed E-state index contributed by atoms with van der Waals surface area (Å²) in [6.07, 6.45) is 2.71. The molecule has 1 aliphatic rings. The van der Waals surface area contributed by atoms with Gasteiger partial charge >= 0.3 is 0 Å². The Balaban J connectivity index is 2.01. The summed E-state index contributed by atoms with van der Waals surface area (Å²) in [7, 11) is 1.55. The molecule has 0 fully saturated rings. The van der Waals surface area contributed by atoms with Crippen molar-refractivity contribution >= 4 is 5.78 Å². The third-order valence-electron chi connectivity index (χ3n) is 4.49. The monoisotopic (exact) mass is 354 g/mol. The van der Waals surface area contributed by atoms with E-state index in [0.29, 0.717) is 29.0 Å². The fourth-order valence-electron chi connectivity index (χ4n) is 3.08. The van der Waals surface area contributed by atoms with E-state index in [1.165, 1.54) is 17.7 Å². The van der Waals surface area contributed by atoms with E-state index in [-0.39, 0.29) is 23.9 Å². The number of benzene rings is 2. The van der Waals surface area contributed by atoms with Crippen LogP contribution in [0.25, 0.3) is 0 Å². The van der Waals surface area contributed by atoms with Crippen molar-refractivity contribution in [2.75, 3.05) is 13.7 Å². The highest BCUT2D eigenvalue weighted by Gasteiger charge is 2.32. The maximum Gasteiger partial charge on any atom is 0.177 e. The Morgan fingerprint density at radius 2 is 2.04 bits per heavy atom. The van der Waals surface area contributed by atoms with Gasteiger partial charge in [-0.05, 0) is 44.0 Å². The number of allylic oxidation sites excluding steroid dienone is 2. The molecule has 0 aromatic heterocycles. The molecular formula is C21H22O5. The average molecular weight is 354 g/mol. The van der Waals surface area contributed by atoms with Crippen molar-refractivity contribution in [1.29, 1.82) is 0 Å². The molecule has 5 heteroatoms. The van der Waals surface area contributed by atoms with Gasteiger partial charge in [0.25, 0.3) is 0 Å². The lowest BCUT2D eigenvalue weighted by molar-refractivity contribution is 0.0894. The number of ketones is 1. The maximum absolute atomic E-state index is 12.9. The summed E-state index contributed by atoms with van der Waals surface area (Å²) in [6.45, 7) is 4.13.